The van der Waals surface area contributed by atoms with Gasteiger partial charge in [0.25, 0.3) is 5.69 Å². The molecule has 0 aliphatic carbocycles. The van der Waals surface area contributed by atoms with Gasteiger partial charge in [-0.2, -0.15) is 0 Å². The lowest BCUT2D eigenvalue weighted by atomic mass is 9.64. The number of esters is 1. The van der Waals surface area contributed by atoms with Crippen LogP contribution in [0.15, 0.2) is 146 Å². The number of carbonyl (C=O) groups is 5. The first kappa shape index (κ1) is 51.8. The maximum atomic E-state index is 16.8. The number of nitrogens with zero attached hydrogens (tertiary/aromatic N) is 5. The number of nitro groups is 1. The number of carbonyl (C=O) groups excluding carboxylic acids is 5. The van der Waals surface area contributed by atoms with Gasteiger partial charge in [-0.05, 0) is 88.0 Å². The fourth-order valence-electron chi connectivity index (χ4n) is 11.7. The number of hydrogen-bond donors (Lipinski definition) is 3. The first-order valence-electron chi connectivity index (χ1n) is 25.7. The van der Waals surface area contributed by atoms with Crippen LogP contribution in [-0.4, -0.2) is 113 Å². The second-order valence-electron chi connectivity index (χ2n) is 19.6. The van der Waals surface area contributed by atoms with Gasteiger partial charge in [0, 0.05) is 50.4 Å². The lowest BCUT2D eigenvalue weighted by Gasteiger charge is -2.46. The minimum atomic E-state index is -2.18. The lowest BCUT2D eigenvalue weighted by molar-refractivity contribution is -0.384. The van der Waals surface area contributed by atoms with E-state index < -0.39 is 77.0 Å². The van der Waals surface area contributed by atoms with Crippen molar-refractivity contribution in [2.45, 2.75) is 42.8 Å². The highest BCUT2D eigenvalue weighted by molar-refractivity contribution is 6.23. The Hall–Kier alpha value is -9.29. The van der Waals surface area contributed by atoms with Crippen molar-refractivity contribution in [1.82, 2.24) is 20.0 Å². The summed E-state index contributed by atoms with van der Waals surface area (Å²) in [7, 11) is 0. The standard InChI is InChI=1S/C59H53N7O13/c60-57(71)61-24-8-9-37-18-22-46-45(31-37)59(56(70)64(46)58(72)76-35-38-16-20-43(21-17-38)66(73)74)49(54(68)63-27-25-62(26-28-63)34-39-19-23-47-48(32-39)78-36-77-47)51-55(69)79-52(41-12-5-2-6-13-41)50(40-10-3-1-4-11-40)65(51)53(59)42-14-7-15-44(33-42)75-30-29-67/h1-7,10-23,31-33,49-53,67H,24-30,34-36H2,(H3,60,61,71)/t49-,50-,51-,52+,53+,59-/m1/s1. The Kier molecular flexibility index (Phi) is 14.4. The number of anilines is 1. The molecular weight excluding hydrogens is 1010 g/mol. The maximum Gasteiger partial charge on any atom is 0.421 e. The number of urea groups is 1. The summed E-state index contributed by atoms with van der Waals surface area (Å²) in [4.78, 5) is 93.4. The molecule has 0 unspecified atom stereocenters. The zero-order valence-electron chi connectivity index (χ0n) is 42.5. The van der Waals surface area contributed by atoms with Gasteiger partial charge in [-0.3, -0.25) is 34.3 Å². The Morgan fingerprint density at radius 1 is 0.797 bits per heavy atom. The van der Waals surface area contributed by atoms with Crippen molar-refractivity contribution in [3.63, 3.8) is 0 Å². The molecule has 5 aliphatic heterocycles. The quantitative estimate of drug-likeness (QED) is 0.0515. The number of benzene rings is 6. The Labute approximate surface area is 453 Å². The minimum Gasteiger partial charge on any atom is -0.491 e. The van der Waals surface area contributed by atoms with Crippen LogP contribution in [0.4, 0.5) is 21.0 Å². The first-order chi connectivity index (χ1) is 38.4. The molecule has 3 fully saturated rings. The number of aliphatic hydroxyl groups excluding tert-OH is 1. The van der Waals surface area contributed by atoms with E-state index in [0.717, 1.165) is 10.5 Å². The van der Waals surface area contributed by atoms with Crippen LogP contribution in [0, 0.1) is 27.9 Å². The molecule has 0 aromatic heterocycles. The van der Waals surface area contributed by atoms with Crippen LogP contribution in [0.5, 0.6) is 17.2 Å². The second kappa shape index (κ2) is 22.0. The predicted octanol–water partition coefficient (Wildman–Crippen LogP) is 6.06. The van der Waals surface area contributed by atoms with Gasteiger partial charge < -0.3 is 44.7 Å². The summed E-state index contributed by atoms with van der Waals surface area (Å²) in [6, 6.07) is 36.9. The average molecular weight is 1070 g/mol. The number of morpholine rings is 1. The normalized spacial score (nSPS) is 22.1. The number of fused-ring (bicyclic) bond motifs is 4. The number of piperazine rings is 1. The number of amides is 5. The molecule has 5 amide bonds. The van der Waals surface area contributed by atoms with Gasteiger partial charge in [0.05, 0.1) is 41.8 Å². The monoisotopic (exact) mass is 1070 g/mol. The zero-order valence-corrected chi connectivity index (χ0v) is 42.5. The molecule has 6 atom stereocenters. The largest absolute Gasteiger partial charge is 0.491 e. The Morgan fingerprint density at radius 3 is 2.23 bits per heavy atom. The summed E-state index contributed by atoms with van der Waals surface area (Å²) in [6.45, 7) is 0.969. The van der Waals surface area contributed by atoms with Gasteiger partial charge in [0.15, 0.2) is 11.5 Å². The number of hydrogen-bond acceptors (Lipinski definition) is 15. The van der Waals surface area contributed by atoms with E-state index in [2.05, 4.69) is 22.1 Å². The van der Waals surface area contributed by atoms with Crippen LogP contribution in [0.1, 0.15) is 57.1 Å². The molecule has 20 heteroatoms. The van der Waals surface area contributed by atoms with Crippen LogP contribution in [0.25, 0.3) is 0 Å². The topological polar surface area (TPSA) is 246 Å². The second-order valence-corrected chi connectivity index (χ2v) is 19.6. The van der Waals surface area contributed by atoms with E-state index in [-0.39, 0.29) is 56.6 Å². The summed E-state index contributed by atoms with van der Waals surface area (Å²) in [5.74, 6) is 3.74. The van der Waals surface area contributed by atoms with Gasteiger partial charge in [0.1, 0.15) is 36.5 Å². The summed E-state index contributed by atoms with van der Waals surface area (Å²) in [5.41, 5.74) is 6.68. The van der Waals surface area contributed by atoms with Crippen LogP contribution in [0.2, 0.25) is 0 Å². The number of cyclic esters (lactones) is 1. The molecule has 402 valence electrons. The third-order valence-electron chi connectivity index (χ3n) is 15.1. The first-order valence-corrected chi connectivity index (χ1v) is 25.7. The average Bonchev–Trinajstić information content (AvgIpc) is 4.16. The summed E-state index contributed by atoms with van der Waals surface area (Å²) in [5, 5.41) is 23.9. The molecule has 5 aliphatic rings. The third kappa shape index (κ3) is 9.79. The number of primary amides is 1. The Morgan fingerprint density at radius 2 is 1.51 bits per heavy atom. The highest BCUT2D eigenvalue weighted by Crippen LogP contribution is 2.66. The van der Waals surface area contributed by atoms with Gasteiger partial charge in [-0.1, -0.05) is 90.7 Å². The highest BCUT2D eigenvalue weighted by atomic mass is 16.7. The van der Waals surface area contributed by atoms with Crippen molar-refractivity contribution < 1.29 is 57.7 Å². The van der Waals surface area contributed by atoms with E-state index in [1.165, 1.54) is 30.3 Å². The van der Waals surface area contributed by atoms with E-state index in [9.17, 15) is 20.0 Å². The molecule has 4 N–H and O–H groups in total. The number of rotatable bonds is 13. The van der Waals surface area contributed by atoms with Crippen LogP contribution in [-0.2, 0) is 42.4 Å². The number of aliphatic hydroxyl groups is 1. The predicted molar refractivity (Wildman–Crippen MR) is 283 cm³/mol. The SMILES string of the molecule is NC(=O)NCC#Cc1ccc2c(c1)[C@]1(C(=O)N2C(=O)OCc2ccc([N+](=O)[O-])cc2)[C@H](c2cccc(OCCO)c2)N2[C@H](c3ccccc3)[C@H](c3ccccc3)OC(=O)[C@H]2[C@@H]1C(=O)N1CCN(Cc2ccc3c(c2)OCO3)CC1. The molecule has 79 heavy (non-hydrogen) atoms. The summed E-state index contributed by atoms with van der Waals surface area (Å²) < 4.78 is 29.8. The summed E-state index contributed by atoms with van der Waals surface area (Å²) in [6.07, 6.45) is -2.12. The number of ether oxygens (including phenoxy) is 5. The van der Waals surface area contributed by atoms with Crippen molar-refractivity contribution >= 4 is 41.3 Å². The van der Waals surface area contributed by atoms with Crippen molar-refractivity contribution in [2.75, 3.05) is 57.6 Å². The molecule has 1 spiro atoms. The van der Waals surface area contributed by atoms with E-state index in [1.807, 2.05) is 83.8 Å². The molecule has 0 bridgehead atoms. The molecule has 6 aromatic carbocycles. The Balaban J connectivity index is 1.11. The molecule has 0 saturated carbocycles. The van der Waals surface area contributed by atoms with Crippen molar-refractivity contribution in [2.24, 2.45) is 11.7 Å². The van der Waals surface area contributed by atoms with E-state index in [4.69, 9.17) is 29.4 Å². The summed E-state index contributed by atoms with van der Waals surface area (Å²) >= 11 is 0. The van der Waals surface area contributed by atoms with Gasteiger partial charge in [-0.25, -0.2) is 14.5 Å². The number of nitrogens with two attached hydrogens (primary N) is 1. The number of nitrogens with one attached hydrogen (secondary N) is 1. The molecule has 20 nitrogen and oxygen atoms in total. The van der Waals surface area contributed by atoms with E-state index in [0.29, 0.717) is 64.7 Å². The smallest absolute Gasteiger partial charge is 0.421 e. The fourth-order valence-corrected chi connectivity index (χ4v) is 11.7. The van der Waals surface area contributed by atoms with Crippen LogP contribution < -0.4 is 30.2 Å². The van der Waals surface area contributed by atoms with Gasteiger partial charge in [-0.15, -0.1) is 0 Å². The molecule has 11 rings (SSSR count). The third-order valence-corrected chi connectivity index (χ3v) is 15.1. The van der Waals surface area contributed by atoms with Gasteiger partial charge in [0.2, 0.25) is 18.6 Å². The molecule has 3 saturated heterocycles. The maximum absolute atomic E-state index is 16.8. The van der Waals surface area contributed by atoms with Crippen molar-refractivity contribution in [3.8, 4) is 29.1 Å². The number of nitro benzene ring substituents is 1. The molecule has 6 aromatic rings. The minimum absolute atomic E-state index is 0.0487. The molecular formula is C59H53N7O13. The van der Waals surface area contributed by atoms with Crippen molar-refractivity contribution in [1.29, 1.82) is 0 Å². The van der Waals surface area contributed by atoms with Crippen LogP contribution >= 0.6 is 0 Å². The molecule has 0 radical (unpaired) electrons. The van der Waals surface area contributed by atoms with Crippen molar-refractivity contribution in [3.05, 3.63) is 195 Å². The van der Waals surface area contributed by atoms with E-state index in [1.54, 1.807) is 41.3 Å². The van der Waals surface area contributed by atoms with E-state index >= 15 is 19.2 Å². The Bertz CT molecular complexity index is 3400. The molecule has 5 heterocycles. The van der Waals surface area contributed by atoms with Gasteiger partial charge >= 0.3 is 18.1 Å². The number of imide groups is 1. The highest BCUT2D eigenvalue weighted by Gasteiger charge is 2.76. The van der Waals surface area contributed by atoms with Crippen LogP contribution in [0.3, 0.4) is 0 Å². The number of non-ortho nitro benzene ring substituents is 1. The zero-order chi connectivity index (χ0) is 54.8. The lowest BCUT2D eigenvalue weighted by Crippen LogP contribution is -2.59. The fraction of sp³-hybridized carbons (Fsp3) is 0.271.